The molecule has 1 aromatic rings. The summed E-state index contributed by atoms with van der Waals surface area (Å²) in [6.45, 7) is 2.58. The van der Waals surface area contributed by atoms with Crippen LogP contribution in [0.5, 0.6) is 0 Å². The fraction of sp³-hybridized carbons (Fsp3) is 0.500. The third-order valence-electron chi connectivity index (χ3n) is 3.97. The summed E-state index contributed by atoms with van der Waals surface area (Å²) in [4.78, 5) is 25.9. The molecule has 2 saturated heterocycles. The van der Waals surface area contributed by atoms with E-state index in [1.54, 1.807) is 4.90 Å². The highest BCUT2D eigenvalue weighted by Gasteiger charge is 2.23. The van der Waals surface area contributed by atoms with Crippen molar-refractivity contribution in [2.45, 2.75) is 25.4 Å². The first-order valence-electron chi connectivity index (χ1n) is 7.78. The molecule has 2 fully saturated rings. The lowest BCUT2D eigenvalue weighted by Gasteiger charge is -2.27. The number of anilines is 2. The van der Waals surface area contributed by atoms with Crippen LogP contribution >= 0.6 is 0 Å². The van der Waals surface area contributed by atoms with Gasteiger partial charge in [0.25, 0.3) is 5.91 Å². The number of benzene rings is 1. The summed E-state index contributed by atoms with van der Waals surface area (Å²) in [7, 11) is 0. The maximum atomic E-state index is 12.2. The molecule has 3 rings (SSSR count). The molecule has 2 N–H and O–H groups in total. The standard InChI is InChI=1S/C16H21N3O3/c20-15-6-1-2-8-19(15)13-5-3-4-12(10-13)18-16(21)14-11-17-7-9-22-14/h3-5,10,14,17H,1-2,6-9,11H2,(H,18,21). The Morgan fingerprint density at radius 1 is 1.36 bits per heavy atom. The van der Waals surface area contributed by atoms with Crippen LogP contribution < -0.4 is 15.5 Å². The van der Waals surface area contributed by atoms with Crippen molar-refractivity contribution >= 4 is 23.2 Å². The van der Waals surface area contributed by atoms with E-state index in [0.29, 0.717) is 25.3 Å². The Morgan fingerprint density at radius 2 is 2.27 bits per heavy atom. The topological polar surface area (TPSA) is 70.7 Å². The predicted octanol–water partition coefficient (Wildman–Crippen LogP) is 1.13. The lowest BCUT2D eigenvalue weighted by molar-refractivity contribution is -0.128. The first kappa shape index (κ1) is 15.0. The third kappa shape index (κ3) is 3.45. The van der Waals surface area contributed by atoms with E-state index in [2.05, 4.69) is 10.6 Å². The van der Waals surface area contributed by atoms with Crippen molar-refractivity contribution in [1.82, 2.24) is 5.32 Å². The van der Waals surface area contributed by atoms with Crippen molar-refractivity contribution < 1.29 is 14.3 Å². The molecule has 6 heteroatoms. The molecule has 0 aromatic heterocycles. The smallest absolute Gasteiger partial charge is 0.254 e. The van der Waals surface area contributed by atoms with Crippen LogP contribution in [0, 0.1) is 0 Å². The van der Waals surface area contributed by atoms with Gasteiger partial charge < -0.3 is 20.3 Å². The molecule has 2 heterocycles. The number of nitrogens with one attached hydrogen (secondary N) is 2. The van der Waals surface area contributed by atoms with Gasteiger partial charge in [0.15, 0.2) is 0 Å². The average Bonchev–Trinajstić information content (AvgIpc) is 2.56. The number of rotatable bonds is 3. The summed E-state index contributed by atoms with van der Waals surface area (Å²) in [5.74, 6) is -0.0103. The first-order valence-corrected chi connectivity index (χ1v) is 7.78. The fourth-order valence-electron chi connectivity index (χ4n) is 2.79. The monoisotopic (exact) mass is 303 g/mol. The molecule has 2 aliphatic heterocycles. The van der Waals surface area contributed by atoms with E-state index in [1.165, 1.54) is 0 Å². The molecule has 0 bridgehead atoms. The normalized spacial score (nSPS) is 22.5. The van der Waals surface area contributed by atoms with Crippen LogP contribution in [0.15, 0.2) is 24.3 Å². The van der Waals surface area contributed by atoms with Gasteiger partial charge in [-0.15, -0.1) is 0 Å². The largest absolute Gasteiger partial charge is 0.366 e. The van der Waals surface area contributed by atoms with Crippen molar-refractivity contribution in [2.75, 3.05) is 36.5 Å². The van der Waals surface area contributed by atoms with Gasteiger partial charge in [-0.1, -0.05) is 6.07 Å². The number of nitrogens with zero attached hydrogens (tertiary/aromatic N) is 1. The maximum absolute atomic E-state index is 12.2. The molecule has 0 aliphatic carbocycles. The Bertz CT molecular complexity index is 555. The van der Waals surface area contributed by atoms with Crippen molar-refractivity contribution in [2.24, 2.45) is 0 Å². The number of piperidine rings is 1. The van der Waals surface area contributed by atoms with Crippen LogP contribution in [0.25, 0.3) is 0 Å². The lowest BCUT2D eigenvalue weighted by atomic mass is 10.1. The summed E-state index contributed by atoms with van der Waals surface area (Å²) >= 11 is 0. The Morgan fingerprint density at radius 3 is 3.05 bits per heavy atom. The maximum Gasteiger partial charge on any atom is 0.254 e. The van der Waals surface area contributed by atoms with E-state index in [1.807, 2.05) is 24.3 Å². The number of carbonyl (C=O) groups excluding carboxylic acids is 2. The third-order valence-corrected chi connectivity index (χ3v) is 3.97. The van der Waals surface area contributed by atoms with Gasteiger partial charge in [0.1, 0.15) is 6.10 Å². The second-order valence-electron chi connectivity index (χ2n) is 5.61. The van der Waals surface area contributed by atoms with Crippen LogP contribution in [0.1, 0.15) is 19.3 Å². The molecular weight excluding hydrogens is 282 g/mol. The summed E-state index contributed by atoms with van der Waals surface area (Å²) in [6.07, 6.45) is 2.11. The lowest BCUT2D eigenvalue weighted by Crippen LogP contribution is -2.45. The molecule has 0 spiro atoms. The highest BCUT2D eigenvalue weighted by molar-refractivity contribution is 5.97. The zero-order valence-electron chi connectivity index (χ0n) is 12.5. The zero-order valence-corrected chi connectivity index (χ0v) is 12.5. The summed E-state index contributed by atoms with van der Waals surface area (Å²) in [6, 6.07) is 7.42. The van der Waals surface area contributed by atoms with Gasteiger partial charge in [-0.2, -0.15) is 0 Å². The molecule has 0 saturated carbocycles. The summed E-state index contributed by atoms with van der Waals surface area (Å²) in [5, 5.41) is 6.00. The van der Waals surface area contributed by atoms with Crippen LogP contribution in [-0.2, 0) is 14.3 Å². The number of carbonyl (C=O) groups is 2. The minimum Gasteiger partial charge on any atom is -0.366 e. The van der Waals surface area contributed by atoms with Crippen LogP contribution in [0.4, 0.5) is 11.4 Å². The van der Waals surface area contributed by atoms with Gasteiger partial charge in [-0.25, -0.2) is 0 Å². The van der Waals surface area contributed by atoms with E-state index in [0.717, 1.165) is 31.6 Å². The Labute approximate surface area is 129 Å². The van der Waals surface area contributed by atoms with Gasteiger partial charge in [0, 0.05) is 37.4 Å². The van der Waals surface area contributed by atoms with Crippen molar-refractivity contribution in [3.8, 4) is 0 Å². The van der Waals surface area contributed by atoms with E-state index in [9.17, 15) is 9.59 Å². The molecular formula is C16H21N3O3. The predicted molar refractivity (Wildman–Crippen MR) is 83.9 cm³/mol. The van der Waals surface area contributed by atoms with E-state index >= 15 is 0 Å². The number of morpholine rings is 1. The number of hydrogen-bond donors (Lipinski definition) is 2. The van der Waals surface area contributed by atoms with Crippen LogP contribution in [-0.4, -0.2) is 44.2 Å². The second kappa shape index (κ2) is 6.89. The highest BCUT2D eigenvalue weighted by Crippen LogP contribution is 2.24. The van der Waals surface area contributed by atoms with E-state index in [-0.39, 0.29) is 11.8 Å². The first-order chi connectivity index (χ1) is 10.7. The molecule has 1 aromatic carbocycles. The minimum absolute atomic E-state index is 0.148. The van der Waals surface area contributed by atoms with E-state index < -0.39 is 6.10 Å². The molecule has 2 amide bonds. The SMILES string of the molecule is O=C(Nc1cccc(N2CCCCC2=O)c1)C1CNCCO1. The molecule has 2 aliphatic rings. The molecule has 1 atom stereocenters. The summed E-state index contributed by atoms with van der Waals surface area (Å²) < 4.78 is 5.44. The number of amides is 2. The molecule has 118 valence electrons. The van der Waals surface area contributed by atoms with Crippen molar-refractivity contribution in [3.05, 3.63) is 24.3 Å². The van der Waals surface area contributed by atoms with Crippen molar-refractivity contribution in [3.63, 3.8) is 0 Å². The van der Waals surface area contributed by atoms with E-state index in [4.69, 9.17) is 4.74 Å². The van der Waals surface area contributed by atoms with Gasteiger partial charge in [-0.3, -0.25) is 9.59 Å². The Balaban J connectivity index is 1.68. The quantitative estimate of drug-likeness (QED) is 0.878. The molecule has 6 nitrogen and oxygen atoms in total. The van der Waals surface area contributed by atoms with Gasteiger partial charge in [0.05, 0.1) is 6.61 Å². The van der Waals surface area contributed by atoms with Crippen LogP contribution in [0.2, 0.25) is 0 Å². The molecule has 1 unspecified atom stereocenters. The van der Waals surface area contributed by atoms with Crippen molar-refractivity contribution in [1.29, 1.82) is 0 Å². The highest BCUT2D eigenvalue weighted by atomic mass is 16.5. The number of hydrogen-bond acceptors (Lipinski definition) is 4. The molecule has 0 radical (unpaired) electrons. The van der Waals surface area contributed by atoms with Crippen LogP contribution in [0.3, 0.4) is 0 Å². The zero-order chi connectivity index (χ0) is 15.4. The van der Waals surface area contributed by atoms with Gasteiger partial charge in [0.2, 0.25) is 5.91 Å². The second-order valence-corrected chi connectivity index (χ2v) is 5.61. The fourth-order valence-corrected chi connectivity index (χ4v) is 2.79. The Kier molecular flexibility index (Phi) is 4.70. The minimum atomic E-state index is -0.464. The average molecular weight is 303 g/mol. The Hall–Kier alpha value is -1.92. The summed E-state index contributed by atoms with van der Waals surface area (Å²) in [5.41, 5.74) is 1.53. The molecule has 22 heavy (non-hydrogen) atoms. The van der Waals surface area contributed by atoms with Gasteiger partial charge in [-0.05, 0) is 31.0 Å². The number of ether oxygens (including phenoxy) is 1. The van der Waals surface area contributed by atoms with Gasteiger partial charge >= 0.3 is 0 Å².